The number of aromatic amines is 1. The molecular weight excluding hydrogens is 324 g/mol. The molecule has 4 rings (SSSR count). The van der Waals surface area contributed by atoms with Crippen LogP contribution in [0.25, 0.3) is 21.7 Å². The highest BCUT2D eigenvalue weighted by atomic mass is 19.1. The van der Waals surface area contributed by atoms with Crippen molar-refractivity contribution in [2.75, 3.05) is 5.32 Å². The highest BCUT2D eigenvalue weighted by Crippen LogP contribution is 2.26. The predicted molar refractivity (Wildman–Crippen MR) is 92.6 cm³/mol. The Kier molecular flexibility index (Phi) is 3.46. The van der Waals surface area contributed by atoms with Crippen molar-refractivity contribution in [2.45, 2.75) is 6.92 Å². The maximum Gasteiger partial charge on any atom is 0.272 e. The van der Waals surface area contributed by atoms with Gasteiger partial charge in [-0.25, -0.2) is 8.78 Å². The van der Waals surface area contributed by atoms with Gasteiger partial charge in [-0.2, -0.15) is 0 Å². The molecule has 0 unspecified atom stereocenters. The lowest BCUT2D eigenvalue weighted by atomic mass is 10.1. The van der Waals surface area contributed by atoms with E-state index in [1.807, 2.05) is 6.92 Å². The van der Waals surface area contributed by atoms with Gasteiger partial charge in [0.15, 0.2) is 0 Å². The van der Waals surface area contributed by atoms with E-state index in [9.17, 15) is 13.6 Å². The van der Waals surface area contributed by atoms with Crippen molar-refractivity contribution in [3.05, 3.63) is 71.7 Å². The Bertz CT molecular complexity index is 1100. The minimum atomic E-state index is -0.477. The van der Waals surface area contributed by atoms with E-state index in [1.54, 1.807) is 18.3 Å². The summed E-state index contributed by atoms with van der Waals surface area (Å²) in [5, 5.41) is 4.28. The number of H-pyrrole nitrogens is 1. The number of rotatable bonds is 2. The fourth-order valence-electron chi connectivity index (χ4n) is 2.91. The van der Waals surface area contributed by atoms with E-state index in [0.29, 0.717) is 27.4 Å². The van der Waals surface area contributed by atoms with Gasteiger partial charge in [-0.15, -0.1) is 0 Å². The summed E-state index contributed by atoms with van der Waals surface area (Å²) < 4.78 is 27.7. The van der Waals surface area contributed by atoms with E-state index in [-0.39, 0.29) is 5.69 Å². The molecule has 2 aromatic heterocycles. The monoisotopic (exact) mass is 337 g/mol. The smallest absolute Gasteiger partial charge is 0.272 e. The van der Waals surface area contributed by atoms with Crippen LogP contribution in [0.1, 0.15) is 16.1 Å². The van der Waals surface area contributed by atoms with E-state index >= 15 is 0 Å². The Labute approximate surface area is 141 Å². The van der Waals surface area contributed by atoms with Crippen LogP contribution < -0.4 is 5.32 Å². The molecule has 6 heteroatoms. The maximum atomic E-state index is 13.9. The normalized spacial score (nSPS) is 11.2. The molecule has 124 valence electrons. The Hall–Kier alpha value is -3.28. The van der Waals surface area contributed by atoms with Gasteiger partial charge >= 0.3 is 0 Å². The van der Waals surface area contributed by atoms with Crippen LogP contribution >= 0.6 is 0 Å². The first-order chi connectivity index (χ1) is 12.0. The molecule has 0 aliphatic heterocycles. The number of aromatic nitrogens is 2. The molecule has 2 aromatic carbocycles. The lowest BCUT2D eigenvalue weighted by Gasteiger charge is -2.08. The number of anilines is 1. The minimum Gasteiger partial charge on any atom is -0.350 e. The molecule has 0 spiro atoms. The van der Waals surface area contributed by atoms with Gasteiger partial charge in [-0.1, -0.05) is 6.07 Å². The first-order valence-corrected chi connectivity index (χ1v) is 7.65. The first kappa shape index (κ1) is 15.3. The molecule has 0 aliphatic rings. The average Bonchev–Trinajstić information content (AvgIpc) is 3.05. The SMILES string of the molecule is Cc1ccc(F)c2cc(C(=O)Nc3cc(F)cc4cnccc34)[nH]c12. The van der Waals surface area contributed by atoms with Crippen molar-refractivity contribution < 1.29 is 13.6 Å². The van der Waals surface area contributed by atoms with Crippen LogP contribution in [0.2, 0.25) is 0 Å². The third-order valence-electron chi connectivity index (χ3n) is 4.16. The van der Waals surface area contributed by atoms with Gasteiger partial charge in [0.1, 0.15) is 17.3 Å². The van der Waals surface area contributed by atoms with Crippen LogP contribution in [0.4, 0.5) is 14.5 Å². The van der Waals surface area contributed by atoms with Gasteiger partial charge in [0.25, 0.3) is 5.91 Å². The van der Waals surface area contributed by atoms with Gasteiger partial charge in [0.05, 0.1) is 11.2 Å². The number of nitrogens with one attached hydrogen (secondary N) is 2. The molecule has 0 aliphatic carbocycles. The minimum absolute atomic E-state index is 0.203. The van der Waals surface area contributed by atoms with E-state index in [2.05, 4.69) is 15.3 Å². The highest BCUT2D eigenvalue weighted by Gasteiger charge is 2.15. The van der Waals surface area contributed by atoms with Crippen LogP contribution in [0.15, 0.2) is 48.8 Å². The lowest BCUT2D eigenvalue weighted by Crippen LogP contribution is -2.12. The fourth-order valence-corrected chi connectivity index (χ4v) is 2.91. The summed E-state index contributed by atoms with van der Waals surface area (Å²) in [4.78, 5) is 19.4. The number of nitrogens with zero attached hydrogens (tertiary/aromatic N) is 1. The van der Waals surface area contributed by atoms with E-state index in [4.69, 9.17) is 0 Å². The van der Waals surface area contributed by atoms with Crippen molar-refractivity contribution in [1.29, 1.82) is 0 Å². The molecule has 0 atom stereocenters. The predicted octanol–water partition coefficient (Wildman–Crippen LogP) is 4.56. The van der Waals surface area contributed by atoms with E-state index in [0.717, 1.165) is 5.56 Å². The fraction of sp³-hybridized carbons (Fsp3) is 0.0526. The number of pyridine rings is 1. The van der Waals surface area contributed by atoms with E-state index < -0.39 is 17.5 Å². The van der Waals surface area contributed by atoms with Crippen LogP contribution in [0.5, 0.6) is 0 Å². The molecule has 4 nitrogen and oxygen atoms in total. The topological polar surface area (TPSA) is 57.8 Å². The van der Waals surface area contributed by atoms with Crippen LogP contribution in [-0.4, -0.2) is 15.9 Å². The van der Waals surface area contributed by atoms with Crippen molar-refractivity contribution in [2.24, 2.45) is 0 Å². The standard InChI is InChI=1S/C19H13F2N3O/c1-10-2-3-15(21)14-8-17(23-18(10)14)19(25)24-16-7-12(20)6-11-9-22-5-4-13(11)16/h2-9,23H,1H3,(H,24,25). The van der Waals surface area contributed by atoms with Crippen LogP contribution in [-0.2, 0) is 0 Å². The zero-order valence-electron chi connectivity index (χ0n) is 13.2. The summed E-state index contributed by atoms with van der Waals surface area (Å²) in [6.45, 7) is 1.83. The second kappa shape index (κ2) is 5.66. The second-order valence-electron chi connectivity index (χ2n) is 5.84. The molecule has 4 aromatic rings. The Morgan fingerprint density at radius 1 is 1.12 bits per heavy atom. The number of carbonyl (C=O) groups excluding carboxylic acids is 1. The first-order valence-electron chi connectivity index (χ1n) is 7.65. The van der Waals surface area contributed by atoms with Gasteiger partial charge in [0.2, 0.25) is 0 Å². The van der Waals surface area contributed by atoms with Crippen LogP contribution in [0, 0.1) is 18.6 Å². The zero-order chi connectivity index (χ0) is 17.6. The molecule has 25 heavy (non-hydrogen) atoms. The molecular formula is C19H13F2N3O. The van der Waals surface area contributed by atoms with Gasteiger partial charge in [-0.05, 0) is 42.8 Å². The molecule has 1 amide bonds. The number of hydrogen-bond acceptors (Lipinski definition) is 2. The van der Waals surface area contributed by atoms with Crippen molar-refractivity contribution in [3.8, 4) is 0 Å². The van der Waals surface area contributed by atoms with Gasteiger partial charge < -0.3 is 10.3 Å². The van der Waals surface area contributed by atoms with Crippen molar-refractivity contribution in [1.82, 2.24) is 9.97 Å². The summed E-state index contributed by atoms with van der Waals surface area (Å²) in [7, 11) is 0. The lowest BCUT2D eigenvalue weighted by molar-refractivity contribution is 0.102. The van der Waals surface area contributed by atoms with Crippen molar-refractivity contribution in [3.63, 3.8) is 0 Å². The molecule has 0 bridgehead atoms. The zero-order valence-corrected chi connectivity index (χ0v) is 13.2. The molecule has 0 saturated heterocycles. The Balaban J connectivity index is 1.76. The molecule has 2 N–H and O–H groups in total. The molecule has 0 fully saturated rings. The molecule has 0 saturated carbocycles. The second-order valence-corrected chi connectivity index (χ2v) is 5.84. The highest BCUT2D eigenvalue weighted by molar-refractivity contribution is 6.10. The number of fused-ring (bicyclic) bond motifs is 2. The third-order valence-corrected chi connectivity index (χ3v) is 4.16. The largest absolute Gasteiger partial charge is 0.350 e. The van der Waals surface area contributed by atoms with Gasteiger partial charge in [-0.3, -0.25) is 9.78 Å². The maximum absolute atomic E-state index is 13.9. The quantitative estimate of drug-likeness (QED) is 0.563. The Morgan fingerprint density at radius 2 is 1.96 bits per heavy atom. The number of amides is 1. The number of benzene rings is 2. The number of aryl methyl sites for hydroxylation is 1. The summed E-state index contributed by atoms with van der Waals surface area (Å²) in [5.74, 6) is -1.36. The molecule has 2 heterocycles. The summed E-state index contributed by atoms with van der Waals surface area (Å²) in [5.41, 5.74) is 1.93. The Morgan fingerprint density at radius 3 is 2.76 bits per heavy atom. The molecule has 0 radical (unpaired) electrons. The summed E-state index contributed by atoms with van der Waals surface area (Å²) in [6.07, 6.45) is 3.09. The van der Waals surface area contributed by atoms with E-state index in [1.165, 1.54) is 30.5 Å². The summed E-state index contributed by atoms with van der Waals surface area (Å²) in [6, 6.07) is 8.74. The third kappa shape index (κ3) is 2.61. The van der Waals surface area contributed by atoms with Crippen molar-refractivity contribution >= 4 is 33.3 Å². The van der Waals surface area contributed by atoms with Gasteiger partial charge in [0, 0.05) is 28.6 Å². The number of hydrogen-bond donors (Lipinski definition) is 2. The summed E-state index contributed by atoms with van der Waals surface area (Å²) >= 11 is 0. The average molecular weight is 337 g/mol. The number of halogens is 2. The number of carbonyl (C=O) groups is 1. The van der Waals surface area contributed by atoms with Crippen LogP contribution in [0.3, 0.4) is 0 Å².